The van der Waals surface area contributed by atoms with E-state index in [0.717, 1.165) is 13.2 Å². The molecule has 0 aromatic heterocycles. The highest BCUT2D eigenvalue weighted by atomic mass is 79.9. The van der Waals surface area contributed by atoms with Gasteiger partial charge in [-0.3, -0.25) is 4.79 Å². The van der Waals surface area contributed by atoms with E-state index in [2.05, 4.69) is 28.2 Å². The first-order chi connectivity index (χ1) is 10.7. The van der Waals surface area contributed by atoms with Crippen LogP contribution in [0, 0.1) is 0 Å². The molecule has 0 spiro atoms. The Balaban J connectivity index is 0.000000277. The van der Waals surface area contributed by atoms with Crippen LogP contribution in [0.2, 0.25) is 0 Å². The van der Waals surface area contributed by atoms with Gasteiger partial charge in [-0.2, -0.15) is 13.2 Å². The molecule has 0 radical (unpaired) electrons. The lowest BCUT2D eigenvalue weighted by atomic mass is 10.2. The van der Waals surface area contributed by atoms with Gasteiger partial charge in [0.1, 0.15) is 0 Å². The lowest BCUT2D eigenvalue weighted by molar-refractivity contribution is -0.167. The molecule has 4 N–H and O–H groups in total. The summed E-state index contributed by atoms with van der Waals surface area (Å²) in [5, 5.41) is 4.98. The van der Waals surface area contributed by atoms with Crippen molar-refractivity contribution in [2.45, 2.75) is 30.7 Å². The molecule has 1 aromatic rings. The number of alkyl halides is 4. The molecule has 130 valence electrons. The van der Waals surface area contributed by atoms with E-state index in [0.29, 0.717) is 16.6 Å². The van der Waals surface area contributed by atoms with Crippen molar-refractivity contribution in [3.05, 3.63) is 29.8 Å². The number of anilines is 1. The lowest BCUT2D eigenvalue weighted by Gasteiger charge is -2.23. The summed E-state index contributed by atoms with van der Waals surface area (Å²) in [5.74, 6) is -2.00. The molecule has 5 nitrogen and oxygen atoms in total. The van der Waals surface area contributed by atoms with E-state index in [-0.39, 0.29) is 12.2 Å². The van der Waals surface area contributed by atoms with Gasteiger partial charge in [0.25, 0.3) is 0 Å². The van der Waals surface area contributed by atoms with Gasteiger partial charge in [0.15, 0.2) is 0 Å². The second kappa shape index (κ2) is 9.21. The Morgan fingerprint density at radius 1 is 1.48 bits per heavy atom. The second-order valence-electron chi connectivity index (χ2n) is 4.83. The zero-order valence-corrected chi connectivity index (χ0v) is 14.1. The van der Waals surface area contributed by atoms with Crippen molar-refractivity contribution in [2.75, 3.05) is 18.5 Å². The van der Waals surface area contributed by atoms with Gasteiger partial charge >= 0.3 is 12.1 Å². The van der Waals surface area contributed by atoms with Crippen LogP contribution in [0.15, 0.2) is 24.3 Å². The zero-order chi connectivity index (χ0) is 17.5. The molecule has 2 rings (SSSR count). The summed E-state index contributed by atoms with van der Waals surface area (Å²) in [6.07, 6.45) is -4.51. The number of halogens is 4. The zero-order valence-electron chi connectivity index (χ0n) is 12.5. The van der Waals surface area contributed by atoms with Gasteiger partial charge in [0, 0.05) is 18.8 Å². The average molecular weight is 398 g/mol. The Hall–Kier alpha value is -1.16. The van der Waals surface area contributed by atoms with Crippen LogP contribution in [0.4, 0.5) is 18.9 Å². The molecule has 1 amide bonds. The summed E-state index contributed by atoms with van der Waals surface area (Å²) in [4.78, 5) is 11.0. The van der Waals surface area contributed by atoms with Crippen LogP contribution in [-0.2, 0) is 16.1 Å². The van der Waals surface area contributed by atoms with Crippen LogP contribution >= 0.6 is 15.9 Å². The van der Waals surface area contributed by atoms with Gasteiger partial charge in [-0.25, -0.2) is 0 Å². The Bertz CT molecular complexity index is 496. The van der Waals surface area contributed by atoms with Gasteiger partial charge in [0.2, 0.25) is 0 Å². The molecule has 2 unspecified atom stereocenters. The number of nitrogens with one attached hydrogen (secondary N) is 2. The third-order valence-electron chi connectivity index (χ3n) is 2.90. The second-order valence-corrected chi connectivity index (χ2v) is 5.94. The van der Waals surface area contributed by atoms with E-state index < -0.39 is 12.1 Å². The molecular formula is C14H19BrF3N3O2. The quantitative estimate of drug-likeness (QED) is 0.528. The van der Waals surface area contributed by atoms with Gasteiger partial charge in [-0.15, -0.1) is 0 Å². The van der Waals surface area contributed by atoms with Crippen LogP contribution in [0.25, 0.3) is 0 Å². The fourth-order valence-electron chi connectivity index (χ4n) is 1.67. The minimum atomic E-state index is -4.89. The Morgan fingerprint density at radius 3 is 2.61 bits per heavy atom. The highest BCUT2D eigenvalue weighted by molar-refractivity contribution is 9.09. The standard InChI is InChI=1S/C9H9F3N2O.C5H10BrNO/c10-9(11,12)8(15)14-7-4-2-1-3-6(7)5-13;1-4-2-7-5(6)3-8-4/h1-4H,5,13H2,(H,14,15);4-5,7H,2-3H2,1H3. The maximum atomic E-state index is 11.9. The van der Waals surface area contributed by atoms with E-state index in [9.17, 15) is 18.0 Å². The van der Waals surface area contributed by atoms with Crippen LogP contribution < -0.4 is 16.4 Å². The van der Waals surface area contributed by atoms with E-state index in [1.54, 1.807) is 17.4 Å². The predicted molar refractivity (Wildman–Crippen MR) is 85.1 cm³/mol. The number of benzene rings is 1. The molecule has 2 atom stereocenters. The molecule has 1 fully saturated rings. The number of carbonyl (C=O) groups excluding carboxylic acids is 1. The minimum Gasteiger partial charge on any atom is -0.375 e. The van der Waals surface area contributed by atoms with Crippen LogP contribution in [-0.4, -0.2) is 36.3 Å². The van der Waals surface area contributed by atoms with E-state index in [1.165, 1.54) is 12.1 Å². The summed E-state index contributed by atoms with van der Waals surface area (Å²) in [7, 11) is 0. The Kier molecular flexibility index (Phi) is 7.97. The number of hydrogen-bond donors (Lipinski definition) is 3. The summed E-state index contributed by atoms with van der Waals surface area (Å²) in [5.41, 5.74) is 5.84. The van der Waals surface area contributed by atoms with Crippen LogP contribution in [0.5, 0.6) is 0 Å². The van der Waals surface area contributed by atoms with Gasteiger partial charge in [0.05, 0.1) is 17.7 Å². The van der Waals surface area contributed by atoms with Crippen molar-refractivity contribution >= 4 is 27.5 Å². The lowest BCUT2D eigenvalue weighted by Crippen LogP contribution is -2.41. The van der Waals surface area contributed by atoms with Gasteiger partial charge in [-0.1, -0.05) is 34.1 Å². The fraction of sp³-hybridized carbons (Fsp3) is 0.500. The normalized spacial score (nSPS) is 21.1. The summed E-state index contributed by atoms with van der Waals surface area (Å²) >= 11 is 3.38. The molecule has 9 heteroatoms. The molecule has 1 aromatic carbocycles. The topological polar surface area (TPSA) is 76.4 Å². The van der Waals surface area contributed by atoms with E-state index in [4.69, 9.17) is 10.5 Å². The van der Waals surface area contributed by atoms with Crippen LogP contribution in [0.3, 0.4) is 0 Å². The first kappa shape index (κ1) is 19.9. The summed E-state index contributed by atoms with van der Waals surface area (Å²) in [6.45, 7) is 3.86. The summed E-state index contributed by atoms with van der Waals surface area (Å²) in [6, 6.07) is 6.06. The molecule has 1 aliphatic heterocycles. The maximum absolute atomic E-state index is 11.9. The fourth-order valence-corrected chi connectivity index (χ4v) is 2.01. The Morgan fingerprint density at radius 2 is 2.13 bits per heavy atom. The number of nitrogens with two attached hydrogens (primary N) is 1. The number of ether oxygens (including phenoxy) is 1. The minimum absolute atomic E-state index is 0.0638. The smallest absolute Gasteiger partial charge is 0.375 e. The van der Waals surface area contributed by atoms with Crippen molar-refractivity contribution in [2.24, 2.45) is 5.73 Å². The molecule has 1 heterocycles. The third-order valence-corrected chi connectivity index (χ3v) is 3.48. The largest absolute Gasteiger partial charge is 0.471 e. The number of para-hydroxylation sites is 1. The first-order valence-corrected chi connectivity index (χ1v) is 7.80. The van der Waals surface area contributed by atoms with Crippen molar-refractivity contribution in [1.82, 2.24) is 5.32 Å². The monoisotopic (exact) mass is 397 g/mol. The number of morpholine rings is 1. The number of carbonyl (C=O) groups is 1. The van der Waals surface area contributed by atoms with Gasteiger partial charge in [-0.05, 0) is 18.6 Å². The third kappa shape index (κ3) is 7.30. The number of amides is 1. The van der Waals surface area contributed by atoms with Crippen molar-refractivity contribution in [3.8, 4) is 0 Å². The molecule has 1 aliphatic rings. The number of hydrogen-bond acceptors (Lipinski definition) is 4. The van der Waals surface area contributed by atoms with Crippen LogP contribution in [0.1, 0.15) is 12.5 Å². The molecule has 0 bridgehead atoms. The SMILES string of the molecule is CC1CNC(Br)CO1.NCc1ccccc1NC(=O)C(F)(F)F. The van der Waals surface area contributed by atoms with Crippen molar-refractivity contribution < 1.29 is 22.7 Å². The van der Waals surface area contributed by atoms with E-state index >= 15 is 0 Å². The first-order valence-electron chi connectivity index (χ1n) is 6.89. The van der Waals surface area contributed by atoms with Crippen molar-refractivity contribution in [1.29, 1.82) is 0 Å². The molecule has 0 saturated carbocycles. The van der Waals surface area contributed by atoms with E-state index in [1.807, 2.05) is 0 Å². The van der Waals surface area contributed by atoms with Crippen molar-refractivity contribution in [3.63, 3.8) is 0 Å². The molecule has 0 aliphatic carbocycles. The highest BCUT2D eigenvalue weighted by Crippen LogP contribution is 2.20. The Labute approximate surface area is 140 Å². The molecular weight excluding hydrogens is 379 g/mol. The summed E-state index contributed by atoms with van der Waals surface area (Å²) < 4.78 is 41.1. The molecule has 23 heavy (non-hydrogen) atoms. The molecule has 1 saturated heterocycles. The maximum Gasteiger partial charge on any atom is 0.471 e. The highest BCUT2D eigenvalue weighted by Gasteiger charge is 2.38. The number of rotatable bonds is 2. The van der Waals surface area contributed by atoms with Gasteiger partial charge < -0.3 is 21.1 Å². The predicted octanol–water partition coefficient (Wildman–Crippen LogP) is 2.36. The average Bonchev–Trinajstić information content (AvgIpc) is 2.50.